The second kappa shape index (κ2) is 5.03. The highest BCUT2D eigenvalue weighted by molar-refractivity contribution is 5.98. The fraction of sp³-hybridized carbons (Fsp3) is 0.417. The lowest BCUT2D eigenvalue weighted by molar-refractivity contribution is 0.0646. The number of pyridine rings is 1. The number of rotatable bonds is 3. The maximum absolute atomic E-state index is 12.1. The van der Waals surface area contributed by atoms with Crippen molar-refractivity contribution in [3.8, 4) is 0 Å². The Morgan fingerprint density at radius 2 is 2.28 bits per heavy atom. The number of hydrogen-bond donors (Lipinski definition) is 2. The lowest BCUT2D eigenvalue weighted by Crippen LogP contribution is -2.41. The first-order chi connectivity index (χ1) is 8.63. The van der Waals surface area contributed by atoms with Crippen molar-refractivity contribution in [2.75, 3.05) is 7.05 Å². The van der Waals surface area contributed by atoms with E-state index in [0.29, 0.717) is 17.3 Å². The molecule has 0 bridgehead atoms. The molecule has 0 aromatic carbocycles. The number of hydrogen-bond acceptors (Lipinski definition) is 4. The second-order valence-corrected chi connectivity index (χ2v) is 4.42. The van der Waals surface area contributed by atoms with E-state index in [-0.39, 0.29) is 11.7 Å². The van der Waals surface area contributed by atoms with Crippen molar-refractivity contribution in [3.05, 3.63) is 29.6 Å². The molecule has 1 aromatic heterocycles. The van der Waals surface area contributed by atoms with Crippen molar-refractivity contribution in [3.63, 3.8) is 0 Å². The summed E-state index contributed by atoms with van der Waals surface area (Å²) in [5, 5.41) is 11.4. The molecule has 0 spiro atoms. The summed E-state index contributed by atoms with van der Waals surface area (Å²) in [6.07, 6.45) is 4.73. The van der Waals surface area contributed by atoms with E-state index in [1.807, 2.05) is 0 Å². The van der Waals surface area contributed by atoms with Gasteiger partial charge >= 0.3 is 0 Å². The number of aromatic nitrogens is 1. The zero-order valence-corrected chi connectivity index (χ0v) is 10.2. The van der Waals surface area contributed by atoms with Gasteiger partial charge in [0.1, 0.15) is 5.69 Å². The highest BCUT2D eigenvalue weighted by Crippen LogP contribution is 2.24. The molecule has 1 heterocycles. The van der Waals surface area contributed by atoms with Gasteiger partial charge < -0.3 is 15.8 Å². The molecule has 6 heteroatoms. The Bertz CT molecular complexity index is 465. The Labute approximate surface area is 105 Å². The van der Waals surface area contributed by atoms with Crippen LogP contribution in [0.1, 0.15) is 35.3 Å². The average Bonchev–Trinajstić information content (AvgIpc) is 2.35. The minimum absolute atomic E-state index is 0.0196. The van der Waals surface area contributed by atoms with Gasteiger partial charge in [0.2, 0.25) is 0 Å². The first-order valence-corrected chi connectivity index (χ1v) is 5.84. The highest BCUT2D eigenvalue weighted by atomic mass is 16.4. The molecule has 1 fully saturated rings. The van der Waals surface area contributed by atoms with Gasteiger partial charge in [0, 0.05) is 24.8 Å². The van der Waals surface area contributed by atoms with Gasteiger partial charge in [-0.2, -0.15) is 0 Å². The maximum Gasteiger partial charge on any atom is 0.272 e. The Kier molecular flexibility index (Phi) is 3.45. The fourth-order valence-electron chi connectivity index (χ4n) is 1.85. The van der Waals surface area contributed by atoms with Crippen LogP contribution in [-0.2, 0) is 0 Å². The molecule has 96 valence electrons. The van der Waals surface area contributed by atoms with E-state index in [1.165, 1.54) is 12.6 Å². The second-order valence-electron chi connectivity index (χ2n) is 4.42. The minimum Gasteiger partial charge on any atom is -0.409 e. The van der Waals surface area contributed by atoms with Gasteiger partial charge in [-0.25, -0.2) is 0 Å². The SMILES string of the molecule is CN(C(=O)c1ccc(/C(N)=N/O)cn1)C1CCC1. The first-order valence-electron chi connectivity index (χ1n) is 5.84. The van der Waals surface area contributed by atoms with E-state index in [4.69, 9.17) is 10.9 Å². The molecule has 0 saturated heterocycles. The molecule has 0 aliphatic heterocycles. The molecule has 0 unspecified atom stereocenters. The zero-order valence-electron chi connectivity index (χ0n) is 10.2. The number of amidine groups is 1. The van der Waals surface area contributed by atoms with Gasteiger partial charge in [-0.1, -0.05) is 5.16 Å². The summed E-state index contributed by atoms with van der Waals surface area (Å²) < 4.78 is 0. The van der Waals surface area contributed by atoms with Crippen LogP contribution >= 0.6 is 0 Å². The normalized spacial score (nSPS) is 16.2. The monoisotopic (exact) mass is 248 g/mol. The number of amides is 1. The van der Waals surface area contributed by atoms with E-state index < -0.39 is 0 Å². The van der Waals surface area contributed by atoms with E-state index in [2.05, 4.69) is 10.1 Å². The molecule has 1 saturated carbocycles. The Balaban J connectivity index is 2.11. The van der Waals surface area contributed by atoms with Crippen molar-refractivity contribution in [1.82, 2.24) is 9.88 Å². The molecule has 2 rings (SSSR count). The van der Waals surface area contributed by atoms with Crippen molar-refractivity contribution in [2.45, 2.75) is 25.3 Å². The number of carbonyl (C=O) groups excluding carboxylic acids is 1. The summed E-state index contributed by atoms with van der Waals surface area (Å²) in [7, 11) is 1.80. The summed E-state index contributed by atoms with van der Waals surface area (Å²) in [5.74, 6) is -0.111. The van der Waals surface area contributed by atoms with Gasteiger partial charge in [0.25, 0.3) is 5.91 Å². The van der Waals surface area contributed by atoms with Gasteiger partial charge in [0.15, 0.2) is 5.84 Å². The standard InChI is InChI=1S/C12H16N4O2/c1-16(9-3-2-4-9)12(17)10-6-5-8(7-14-10)11(13)15-18/h5-7,9,18H,2-4H2,1H3,(H2,13,15). The third-order valence-corrected chi connectivity index (χ3v) is 3.33. The fourth-order valence-corrected chi connectivity index (χ4v) is 1.85. The summed E-state index contributed by atoms with van der Waals surface area (Å²) >= 11 is 0. The Morgan fingerprint density at radius 3 is 2.72 bits per heavy atom. The van der Waals surface area contributed by atoms with Crippen LogP contribution in [0, 0.1) is 0 Å². The number of nitrogens with zero attached hydrogens (tertiary/aromatic N) is 3. The quantitative estimate of drug-likeness (QED) is 0.358. The van der Waals surface area contributed by atoms with Crippen LogP contribution in [0.4, 0.5) is 0 Å². The van der Waals surface area contributed by atoms with Crippen LogP contribution in [0.25, 0.3) is 0 Å². The van der Waals surface area contributed by atoms with Crippen LogP contribution in [-0.4, -0.2) is 39.9 Å². The van der Waals surface area contributed by atoms with Gasteiger partial charge in [-0.15, -0.1) is 0 Å². The third kappa shape index (κ3) is 2.27. The smallest absolute Gasteiger partial charge is 0.272 e. The van der Waals surface area contributed by atoms with E-state index in [1.54, 1.807) is 24.1 Å². The molecule has 1 amide bonds. The Hall–Kier alpha value is -2.11. The number of oxime groups is 1. The van der Waals surface area contributed by atoms with E-state index >= 15 is 0 Å². The van der Waals surface area contributed by atoms with E-state index in [9.17, 15) is 4.79 Å². The molecular formula is C12H16N4O2. The molecule has 6 nitrogen and oxygen atoms in total. The van der Waals surface area contributed by atoms with Crippen LogP contribution in [0.5, 0.6) is 0 Å². The molecule has 1 aromatic rings. The summed E-state index contributed by atoms with van der Waals surface area (Å²) in [6, 6.07) is 3.54. The van der Waals surface area contributed by atoms with Gasteiger partial charge in [-0.05, 0) is 31.4 Å². The number of nitrogens with two attached hydrogens (primary N) is 1. The van der Waals surface area contributed by atoms with E-state index in [0.717, 1.165) is 12.8 Å². The highest BCUT2D eigenvalue weighted by Gasteiger charge is 2.26. The maximum atomic E-state index is 12.1. The summed E-state index contributed by atoms with van der Waals surface area (Å²) in [6.45, 7) is 0. The van der Waals surface area contributed by atoms with Crippen LogP contribution in [0.15, 0.2) is 23.5 Å². The van der Waals surface area contributed by atoms with Crippen LogP contribution < -0.4 is 5.73 Å². The predicted molar refractivity (Wildman–Crippen MR) is 66.5 cm³/mol. The van der Waals surface area contributed by atoms with Crippen molar-refractivity contribution >= 4 is 11.7 Å². The first kappa shape index (κ1) is 12.3. The molecule has 0 radical (unpaired) electrons. The average molecular weight is 248 g/mol. The van der Waals surface area contributed by atoms with Crippen molar-refractivity contribution in [1.29, 1.82) is 0 Å². The molecule has 0 atom stereocenters. The van der Waals surface area contributed by atoms with Crippen LogP contribution in [0.2, 0.25) is 0 Å². The number of carbonyl (C=O) groups is 1. The molecular weight excluding hydrogens is 232 g/mol. The Morgan fingerprint density at radius 1 is 1.56 bits per heavy atom. The lowest BCUT2D eigenvalue weighted by atomic mass is 9.91. The third-order valence-electron chi connectivity index (χ3n) is 3.33. The minimum atomic E-state index is -0.0919. The topological polar surface area (TPSA) is 91.8 Å². The van der Waals surface area contributed by atoms with Gasteiger partial charge in [-0.3, -0.25) is 9.78 Å². The largest absolute Gasteiger partial charge is 0.409 e. The zero-order chi connectivity index (χ0) is 13.1. The van der Waals surface area contributed by atoms with Gasteiger partial charge in [0.05, 0.1) is 0 Å². The molecule has 1 aliphatic carbocycles. The molecule has 3 N–H and O–H groups in total. The van der Waals surface area contributed by atoms with Crippen LogP contribution in [0.3, 0.4) is 0 Å². The molecule has 1 aliphatic rings. The molecule has 18 heavy (non-hydrogen) atoms. The summed E-state index contributed by atoms with van der Waals surface area (Å²) in [4.78, 5) is 17.9. The summed E-state index contributed by atoms with van der Waals surface area (Å²) in [5.41, 5.74) is 6.28. The van der Waals surface area contributed by atoms with Crippen molar-refractivity contribution in [2.24, 2.45) is 10.9 Å². The predicted octanol–water partition coefficient (Wildman–Crippen LogP) is 0.801. The lowest BCUT2D eigenvalue weighted by Gasteiger charge is -2.34. The van der Waals surface area contributed by atoms with Crippen molar-refractivity contribution < 1.29 is 10.0 Å².